The second kappa shape index (κ2) is 5.70. The summed E-state index contributed by atoms with van der Waals surface area (Å²) < 4.78 is 0. The first-order valence-corrected chi connectivity index (χ1v) is 6.06. The van der Waals surface area contributed by atoms with Gasteiger partial charge in [0.15, 0.2) is 0 Å². The van der Waals surface area contributed by atoms with Crippen molar-refractivity contribution >= 4 is 34.5 Å². The maximum atomic E-state index is 10.9. The maximum absolute atomic E-state index is 10.9. The van der Waals surface area contributed by atoms with E-state index in [2.05, 4.69) is 15.3 Å². The third-order valence-electron chi connectivity index (χ3n) is 2.58. The summed E-state index contributed by atoms with van der Waals surface area (Å²) in [7, 11) is 3.86. The van der Waals surface area contributed by atoms with Crippen molar-refractivity contribution < 1.29 is 4.92 Å². The van der Waals surface area contributed by atoms with Gasteiger partial charge in [-0.25, -0.2) is 4.98 Å². The largest absolute Gasteiger partial charge is 0.378 e. The SMILES string of the molecule is CN(C)c1ccc(Nc2nc(Cl)ncc2[N+](=O)[O-])cc1. The highest BCUT2D eigenvalue weighted by molar-refractivity contribution is 6.28. The van der Waals surface area contributed by atoms with Crippen molar-refractivity contribution in [1.29, 1.82) is 0 Å². The average Bonchev–Trinajstić information content (AvgIpc) is 2.39. The van der Waals surface area contributed by atoms with Crippen LogP contribution in [0.1, 0.15) is 0 Å². The normalized spacial score (nSPS) is 10.2. The molecule has 0 aliphatic rings. The number of benzene rings is 1. The highest BCUT2D eigenvalue weighted by atomic mass is 35.5. The van der Waals surface area contributed by atoms with Crippen molar-refractivity contribution in [1.82, 2.24) is 9.97 Å². The van der Waals surface area contributed by atoms with Crippen LogP contribution in [0.25, 0.3) is 0 Å². The number of aromatic nitrogens is 2. The van der Waals surface area contributed by atoms with E-state index in [1.165, 1.54) is 0 Å². The van der Waals surface area contributed by atoms with Gasteiger partial charge in [0.05, 0.1) is 4.92 Å². The Labute approximate surface area is 120 Å². The zero-order chi connectivity index (χ0) is 14.7. The van der Waals surface area contributed by atoms with Crippen LogP contribution in [-0.4, -0.2) is 29.0 Å². The van der Waals surface area contributed by atoms with Crippen molar-refractivity contribution in [2.75, 3.05) is 24.3 Å². The number of rotatable bonds is 4. The molecule has 0 saturated carbocycles. The lowest BCUT2D eigenvalue weighted by atomic mass is 10.2. The minimum atomic E-state index is -0.563. The van der Waals surface area contributed by atoms with Gasteiger partial charge >= 0.3 is 5.69 Å². The van der Waals surface area contributed by atoms with Gasteiger partial charge in [0, 0.05) is 25.5 Å². The Morgan fingerprint density at radius 3 is 2.50 bits per heavy atom. The topological polar surface area (TPSA) is 84.2 Å². The molecule has 0 unspecified atom stereocenters. The van der Waals surface area contributed by atoms with E-state index in [0.717, 1.165) is 11.9 Å². The van der Waals surface area contributed by atoms with Crippen molar-refractivity contribution in [2.45, 2.75) is 0 Å². The zero-order valence-corrected chi connectivity index (χ0v) is 11.6. The van der Waals surface area contributed by atoms with Gasteiger partial charge in [-0.2, -0.15) is 4.98 Å². The summed E-state index contributed by atoms with van der Waals surface area (Å²) in [6, 6.07) is 7.37. The van der Waals surface area contributed by atoms with Crippen molar-refractivity contribution in [3.8, 4) is 0 Å². The van der Waals surface area contributed by atoms with Crippen LogP contribution in [-0.2, 0) is 0 Å². The van der Waals surface area contributed by atoms with Gasteiger partial charge in [0.1, 0.15) is 6.20 Å². The second-order valence-corrected chi connectivity index (χ2v) is 4.53. The van der Waals surface area contributed by atoms with E-state index in [-0.39, 0.29) is 16.8 Å². The highest BCUT2D eigenvalue weighted by Gasteiger charge is 2.17. The molecule has 0 radical (unpaired) electrons. The number of halogens is 1. The van der Waals surface area contributed by atoms with Crippen LogP contribution in [0.4, 0.5) is 22.9 Å². The maximum Gasteiger partial charge on any atom is 0.329 e. The third-order valence-corrected chi connectivity index (χ3v) is 2.77. The summed E-state index contributed by atoms with van der Waals surface area (Å²) in [5.74, 6) is 0.0626. The summed E-state index contributed by atoms with van der Waals surface area (Å²) in [6.45, 7) is 0. The van der Waals surface area contributed by atoms with Crippen LogP contribution in [0.3, 0.4) is 0 Å². The molecule has 0 bridgehead atoms. The first kappa shape index (κ1) is 14.0. The van der Waals surface area contributed by atoms with E-state index in [9.17, 15) is 10.1 Å². The van der Waals surface area contributed by atoms with E-state index in [1.54, 1.807) is 12.1 Å². The summed E-state index contributed by atoms with van der Waals surface area (Å²) in [5.41, 5.74) is 1.46. The highest BCUT2D eigenvalue weighted by Crippen LogP contribution is 2.26. The molecule has 20 heavy (non-hydrogen) atoms. The number of hydrogen-bond acceptors (Lipinski definition) is 6. The Morgan fingerprint density at radius 1 is 1.30 bits per heavy atom. The quantitative estimate of drug-likeness (QED) is 0.530. The predicted molar refractivity (Wildman–Crippen MR) is 77.7 cm³/mol. The summed E-state index contributed by atoms with van der Waals surface area (Å²) in [4.78, 5) is 19.7. The molecule has 7 nitrogen and oxygen atoms in total. The Hall–Kier alpha value is -2.41. The molecule has 8 heteroatoms. The molecule has 0 aliphatic carbocycles. The monoisotopic (exact) mass is 293 g/mol. The van der Waals surface area contributed by atoms with Crippen LogP contribution in [0.5, 0.6) is 0 Å². The van der Waals surface area contributed by atoms with Gasteiger partial charge in [-0.05, 0) is 35.9 Å². The smallest absolute Gasteiger partial charge is 0.329 e. The average molecular weight is 294 g/mol. The van der Waals surface area contributed by atoms with Crippen LogP contribution in [0.15, 0.2) is 30.5 Å². The lowest BCUT2D eigenvalue weighted by Gasteiger charge is -2.13. The van der Waals surface area contributed by atoms with Gasteiger partial charge in [-0.1, -0.05) is 0 Å². The van der Waals surface area contributed by atoms with Crippen LogP contribution in [0.2, 0.25) is 5.28 Å². The Balaban J connectivity index is 2.29. The van der Waals surface area contributed by atoms with Gasteiger partial charge in [0.25, 0.3) is 0 Å². The summed E-state index contributed by atoms with van der Waals surface area (Å²) >= 11 is 5.66. The fourth-order valence-electron chi connectivity index (χ4n) is 1.56. The van der Waals surface area contributed by atoms with Crippen LogP contribution >= 0.6 is 11.6 Å². The predicted octanol–water partition coefficient (Wildman–Crippen LogP) is 2.85. The van der Waals surface area contributed by atoms with E-state index >= 15 is 0 Å². The van der Waals surface area contributed by atoms with E-state index in [0.29, 0.717) is 5.69 Å². The first-order valence-electron chi connectivity index (χ1n) is 5.68. The van der Waals surface area contributed by atoms with E-state index in [4.69, 9.17) is 11.6 Å². The van der Waals surface area contributed by atoms with Crippen LogP contribution in [0, 0.1) is 10.1 Å². The van der Waals surface area contributed by atoms with Crippen molar-refractivity contribution in [3.63, 3.8) is 0 Å². The molecule has 0 amide bonds. The molecule has 0 atom stereocenters. The summed E-state index contributed by atoms with van der Waals surface area (Å²) in [6.07, 6.45) is 1.08. The Morgan fingerprint density at radius 2 is 1.95 bits per heavy atom. The summed E-state index contributed by atoms with van der Waals surface area (Å²) in [5, 5.41) is 13.7. The molecule has 104 valence electrons. The standard InChI is InChI=1S/C12H12ClN5O2/c1-17(2)9-5-3-8(4-6-9)15-11-10(18(19)20)7-14-12(13)16-11/h3-7H,1-2H3,(H,14,15,16). The van der Waals surface area contributed by atoms with Crippen LogP contribution < -0.4 is 10.2 Å². The molecule has 1 heterocycles. The minimum absolute atomic E-state index is 0.0528. The molecule has 1 aromatic carbocycles. The molecule has 1 aromatic heterocycles. The lowest BCUT2D eigenvalue weighted by Crippen LogP contribution is -2.08. The molecule has 2 rings (SSSR count). The third kappa shape index (κ3) is 3.12. The number of nitro groups is 1. The number of nitrogens with zero attached hydrogens (tertiary/aromatic N) is 4. The fraction of sp³-hybridized carbons (Fsp3) is 0.167. The molecule has 0 saturated heterocycles. The van der Waals surface area contributed by atoms with Crippen molar-refractivity contribution in [3.05, 3.63) is 45.9 Å². The van der Waals surface area contributed by atoms with Gasteiger partial charge in [0.2, 0.25) is 11.1 Å². The van der Waals surface area contributed by atoms with Gasteiger partial charge in [-0.15, -0.1) is 0 Å². The Bertz CT molecular complexity index is 630. The molecule has 0 aliphatic heterocycles. The van der Waals surface area contributed by atoms with E-state index in [1.807, 2.05) is 31.1 Å². The second-order valence-electron chi connectivity index (χ2n) is 4.20. The first-order chi connectivity index (χ1) is 9.47. The minimum Gasteiger partial charge on any atom is -0.378 e. The lowest BCUT2D eigenvalue weighted by molar-refractivity contribution is -0.384. The molecule has 2 aromatic rings. The van der Waals surface area contributed by atoms with Gasteiger partial charge in [-0.3, -0.25) is 10.1 Å². The number of hydrogen-bond donors (Lipinski definition) is 1. The molecule has 0 spiro atoms. The number of anilines is 3. The van der Waals surface area contributed by atoms with Crippen molar-refractivity contribution in [2.24, 2.45) is 0 Å². The Kier molecular flexibility index (Phi) is 3.99. The molecular formula is C12H12ClN5O2. The molecule has 1 N–H and O–H groups in total. The zero-order valence-electron chi connectivity index (χ0n) is 10.9. The molecular weight excluding hydrogens is 282 g/mol. The van der Waals surface area contributed by atoms with Gasteiger partial charge < -0.3 is 10.2 Å². The van der Waals surface area contributed by atoms with E-state index < -0.39 is 4.92 Å². The fourth-order valence-corrected chi connectivity index (χ4v) is 1.69. The molecule has 0 fully saturated rings. The number of nitrogens with one attached hydrogen (secondary N) is 1.